The number of nitrogens with zero attached hydrogens (tertiary/aromatic N) is 3. The fourth-order valence-corrected chi connectivity index (χ4v) is 2.73. The molecule has 4 rings (SSSR count). The monoisotopic (exact) mass is 221 g/mol. The number of aromatic nitrogens is 3. The molecule has 0 radical (unpaired) electrons. The first kappa shape index (κ1) is 9.69. The summed E-state index contributed by atoms with van der Waals surface area (Å²) in [5, 5.41) is 0. The van der Waals surface area contributed by atoms with E-state index in [4.69, 9.17) is 0 Å². The second kappa shape index (κ2) is 3.23. The number of allylic oxidation sites excluding steroid dienone is 2. The van der Waals surface area contributed by atoms with Crippen LogP contribution in [0.5, 0.6) is 0 Å². The Bertz CT molecular complexity index is 515. The minimum Gasteiger partial charge on any atom is -0.246 e. The first-order chi connectivity index (χ1) is 7.74. The van der Waals surface area contributed by atoms with Crippen LogP contribution in [0.4, 0.5) is 0 Å². The third-order valence-corrected chi connectivity index (χ3v) is 3.48. The minimum atomic E-state index is -0.147. The summed E-state index contributed by atoms with van der Waals surface area (Å²) in [6.45, 7) is 2.49. The summed E-state index contributed by atoms with van der Waals surface area (Å²) in [7, 11) is 0. The molecule has 0 aromatic carbocycles. The average molecular weight is 221 g/mol. The first-order valence-electron chi connectivity index (χ1n) is 5.86. The van der Waals surface area contributed by atoms with Crippen LogP contribution in [0.2, 0.25) is 0 Å². The lowest BCUT2D eigenvalue weighted by atomic mass is 9.96. The van der Waals surface area contributed by atoms with Crippen molar-refractivity contribution < 1.29 is 0 Å². The molecule has 0 fully saturated rings. The Morgan fingerprint density at radius 1 is 1.12 bits per heavy atom. The maximum atomic E-state index is 12.1. The number of hydrogen-bond donors (Lipinski definition) is 0. The molecule has 5 nitrogen and oxygen atoms in total. The number of rotatable bonds is 2. The first-order valence-corrected chi connectivity index (χ1v) is 5.86. The minimum absolute atomic E-state index is 0.0864. The molecule has 3 aliphatic rings. The van der Waals surface area contributed by atoms with Crippen LogP contribution in [-0.4, -0.2) is 13.9 Å². The summed E-state index contributed by atoms with van der Waals surface area (Å²) >= 11 is 0. The van der Waals surface area contributed by atoms with Crippen LogP contribution in [-0.2, 0) is 6.54 Å². The van der Waals surface area contributed by atoms with Crippen LogP contribution in [0.3, 0.4) is 0 Å². The van der Waals surface area contributed by atoms with Gasteiger partial charge in [-0.3, -0.25) is 0 Å². The van der Waals surface area contributed by atoms with Gasteiger partial charge < -0.3 is 0 Å². The standard InChI is InChI=1S/C11H15N3O2/c1-2-7-12-10(15)13-8-3-4-9(6-5-8)14(13)11(12)16/h3-4,8-9H,2,5-7H2,1H3. The molecule has 2 aliphatic heterocycles. The van der Waals surface area contributed by atoms with Gasteiger partial charge in [-0.2, -0.15) is 0 Å². The Morgan fingerprint density at radius 2 is 1.62 bits per heavy atom. The molecule has 3 heterocycles. The van der Waals surface area contributed by atoms with E-state index in [-0.39, 0.29) is 23.5 Å². The third kappa shape index (κ3) is 1.06. The van der Waals surface area contributed by atoms with Crippen LogP contribution in [0.15, 0.2) is 21.7 Å². The van der Waals surface area contributed by atoms with Crippen molar-refractivity contribution >= 4 is 0 Å². The van der Waals surface area contributed by atoms with Gasteiger partial charge in [-0.25, -0.2) is 23.5 Å². The van der Waals surface area contributed by atoms with Gasteiger partial charge in [0, 0.05) is 6.54 Å². The molecular formula is C11H15N3O2. The average Bonchev–Trinajstić information content (AvgIpc) is 2.58. The van der Waals surface area contributed by atoms with Gasteiger partial charge >= 0.3 is 11.4 Å². The molecule has 0 saturated heterocycles. The normalized spacial score (nSPS) is 26.1. The van der Waals surface area contributed by atoms with Crippen molar-refractivity contribution in [2.24, 2.45) is 0 Å². The number of fused-ring (bicyclic) bond motifs is 1. The van der Waals surface area contributed by atoms with E-state index in [1.807, 2.05) is 19.1 Å². The Balaban J connectivity index is 2.27. The summed E-state index contributed by atoms with van der Waals surface area (Å²) in [5.74, 6) is 0. The summed E-state index contributed by atoms with van der Waals surface area (Å²) in [6, 6.07) is 0.173. The maximum absolute atomic E-state index is 12.1. The lowest BCUT2D eigenvalue weighted by Crippen LogP contribution is -2.39. The maximum Gasteiger partial charge on any atom is 0.347 e. The summed E-state index contributed by atoms with van der Waals surface area (Å²) in [4.78, 5) is 24.2. The van der Waals surface area contributed by atoms with E-state index >= 15 is 0 Å². The highest BCUT2D eigenvalue weighted by Gasteiger charge is 2.32. The molecule has 16 heavy (non-hydrogen) atoms. The van der Waals surface area contributed by atoms with Crippen molar-refractivity contribution in [3.05, 3.63) is 33.1 Å². The largest absolute Gasteiger partial charge is 0.347 e. The Labute approximate surface area is 92.6 Å². The smallest absolute Gasteiger partial charge is 0.246 e. The van der Waals surface area contributed by atoms with E-state index in [2.05, 4.69) is 0 Å². The van der Waals surface area contributed by atoms with Crippen LogP contribution in [0.25, 0.3) is 0 Å². The van der Waals surface area contributed by atoms with E-state index in [9.17, 15) is 9.59 Å². The predicted molar refractivity (Wildman–Crippen MR) is 59.7 cm³/mol. The lowest BCUT2D eigenvalue weighted by Gasteiger charge is -2.32. The van der Waals surface area contributed by atoms with Gasteiger partial charge in [-0.15, -0.1) is 0 Å². The molecule has 0 saturated carbocycles. The quantitative estimate of drug-likeness (QED) is 0.689. The Morgan fingerprint density at radius 3 is 2.00 bits per heavy atom. The van der Waals surface area contributed by atoms with E-state index in [1.165, 1.54) is 4.57 Å². The van der Waals surface area contributed by atoms with E-state index in [1.54, 1.807) is 9.36 Å². The third-order valence-electron chi connectivity index (χ3n) is 3.48. The molecule has 0 amide bonds. The summed E-state index contributed by atoms with van der Waals surface area (Å²) in [5.41, 5.74) is -0.295. The number of hydrogen-bond acceptors (Lipinski definition) is 2. The SMILES string of the molecule is CCCn1c(=O)n2n(c1=O)C1C=CC2CC1. The second-order valence-electron chi connectivity index (χ2n) is 4.50. The molecule has 1 aromatic heterocycles. The van der Waals surface area contributed by atoms with Crippen LogP contribution in [0.1, 0.15) is 38.3 Å². The zero-order valence-corrected chi connectivity index (χ0v) is 9.30. The predicted octanol–water partition coefficient (Wildman–Crippen LogP) is 0.667. The molecule has 2 atom stereocenters. The molecule has 86 valence electrons. The van der Waals surface area contributed by atoms with Crippen molar-refractivity contribution in [1.82, 2.24) is 13.9 Å². The Kier molecular flexibility index (Phi) is 1.96. The summed E-state index contributed by atoms with van der Waals surface area (Å²) < 4.78 is 4.62. The van der Waals surface area contributed by atoms with E-state index < -0.39 is 0 Å². The molecular weight excluding hydrogens is 206 g/mol. The molecule has 0 spiro atoms. The molecule has 1 aromatic rings. The molecule has 2 unspecified atom stereocenters. The van der Waals surface area contributed by atoms with Gasteiger partial charge in [0.2, 0.25) is 0 Å². The molecule has 5 heteroatoms. The molecule has 0 N–H and O–H groups in total. The van der Waals surface area contributed by atoms with Crippen molar-refractivity contribution in [2.75, 3.05) is 0 Å². The fourth-order valence-electron chi connectivity index (χ4n) is 2.73. The second-order valence-corrected chi connectivity index (χ2v) is 4.50. The van der Waals surface area contributed by atoms with Crippen LogP contribution in [0, 0.1) is 0 Å². The van der Waals surface area contributed by atoms with Crippen molar-refractivity contribution in [3.8, 4) is 0 Å². The zero-order chi connectivity index (χ0) is 11.3. The van der Waals surface area contributed by atoms with Crippen LogP contribution >= 0.6 is 0 Å². The highest BCUT2D eigenvalue weighted by Crippen LogP contribution is 2.32. The highest BCUT2D eigenvalue weighted by atomic mass is 16.2. The lowest BCUT2D eigenvalue weighted by molar-refractivity contribution is 0.257. The van der Waals surface area contributed by atoms with Gasteiger partial charge in [-0.1, -0.05) is 19.1 Å². The van der Waals surface area contributed by atoms with E-state index in [0.29, 0.717) is 6.54 Å². The van der Waals surface area contributed by atoms with Crippen molar-refractivity contribution in [3.63, 3.8) is 0 Å². The van der Waals surface area contributed by atoms with Gasteiger partial charge in [0.05, 0.1) is 12.1 Å². The molecule has 2 bridgehead atoms. The van der Waals surface area contributed by atoms with Crippen LogP contribution < -0.4 is 11.4 Å². The zero-order valence-electron chi connectivity index (χ0n) is 9.30. The topological polar surface area (TPSA) is 48.9 Å². The highest BCUT2D eigenvalue weighted by molar-refractivity contribution is 5.08. The Hall–Kier alpha value is -1.52. The van der Waals surface area contributed by atoms with Gasteiger partial charge in [0.25, 0.3) is 0 Å². The van der Waals surface area contributed by atoms with Gasteiger partial charge in [-0.05, 0) is 19.3 Å². The summed E-state index contributed by atoms with van der Waals surface area (Å²) in [6.07, 6.45) is 6.84. The fraction of sp³-hybridized carbons (Fsp3) is 0.636. The van der Waals surface area contributed by atoms with Crippen molar-refractivity contribution in [2.45, 2.75) is 44.8 Å². The van der Waals surface area contributed by atoms with Gasteiger partial charge in [0.15, 0.2) is 0 Å². The van der Waals surface area contributed by atoms with E-state index in [0.717, 1.165) is 19.3 Å². The molecule has 1 aliphatic carbocycles. The van der Waals surface area contributed by atoms with Crippen molar-refractivity contribution in [1.29, 1.82) is 0 Å². The van der Waals surface area contributed by atoms with Gasteiger partial charge in [0.1, 0.15) is 0 Å².